The van der Waals surface area contributed by atoms with Crippen molar-refractivity contribution in [2.75, 3.05) is 30.4 Å². The number of hydrogen-bond acceptors (Lipinski definition) is 5. The number of carbonyl (C=O) groups is 1. The Balaban J connectivity index is 1.20. The summed E-state index contributed by atoms with van der Waals surface area (Å²) in [6, 6.07) is 21.2. The smallest absolute Gasteiger partial charge is 0.264 e. The minimum atomic E-state index is -4.09. The maximum Gasteiger partial charge on any atom is 0.264 e. The molecule has 0 unspecified atom stereocenters. The molecule has 0 radical (unpaired) electrons. The molecule has 3 aromatic carbocycles. The first kappa shape index (κ1) is 26.7. The molecule has 210 valence electrons. The summed E-state index contributed by atoms with van der Waals surface area (Å²) in [5, 5.41) is 2.91. The highest BCUT2D eigenvalue weighted by Crippen LogP contribution is 2.59. The molecule has 4 aliphatic carbocycles. The highest BCUT2D eigenvalue weighted by atomic mass is 32.2. The summed E-state index contributed by atoms with van der Waals surface area (Å²) in [5.41, 5.74) is 2.42. The summed E-state index contributed by atoms with van der Waals surface area (Å²) in [7, 11) is -1.16. The second kappa shape index (κ2) is 10.8. The molecular formula is C32H36N2O5S. The normalized spacial score (nSPS) is 24.9. The fourth-order valence-electron chi connectivity index (χ4n) is 7.60. The Hall–Kier alpha value is -3.52. The van der Waals surface area contributed by atoms with Crippen LogP contribution in [0.25, 0.3) is 0 Å². The first-order chi connectivity index (χ1) is 19.4. The van der Waals surface area contributed by atoms with Gasteiger partial charge in [0.25, 0.3) is 10.0 Å². The molecular weight excluding hydrogens is 524 g/mol. The second-order valence-corrected chi connectivity index (χ2v) is 13.4. The van der Waals surface area contributed by atoms with Crippen LogP contribution in [0, 0.1) is 23.7 Å². The third-order valence-corrected chi connectivity index (χ3v) is 10.9. The summed E-state index contributed by atoms with van der Waals surface area (Å²) in [5.74, 6) is 4.35. The Morgan fingerprint density at radius 3 is 2.05 bits per heavy atom. The number of nitrogens with one attached hydrogen (secondary N) is 1. The maximum atomic E-state index is 13.8. The lowest BCUT2D eigenvalue weighted by Crippen LogP contribution is -2.43. The standard InChI is InChI=1S/C32H36N2O5S/c1-38-29-13-12-28(19-30(29)39-2)40(36,37)34(27-6-4-3-5-7-27)20-31(35)33-26-10-8-23(9-11-26)32-24-15-21-14-22(17-24)18-25(32)16-21/h3-13,19,21-22,24-25,32H,14-18,20H2,1-2H3,(H,33,35). The van der Waals surface area contributed by atoms with E-state index in [-0.39, 0.29) is 11.4 Å². The molecule has 7 rings (SSSR count). The van der Waals surface area contributed by atoms with Crippen LogP contribution in [-0.2, 0) is 14.8 Å². The van der Waals surface area contributed by atoms with E-state index in [9.17, 15) is 13.2 Å². The van der Waals surface area contributed by atoms with Gasteiger partial charge in [-0.2, -0.15) is 0 Å². The zero-order valence-electron chi connectivity index (χ0n) is 23.0. The Bertz CT molecular complexity index is 1440. The van der Waals surface area contributed by atoms with E-state index in [0.29, 0.717) is 28.8 Å². The molecule has 0 heterocycles. The molecule has 3 aromatic rings. The quantitative estimate of drug-likeness (QED) is 0.343. The van der Waals surface area contributed by atoms with Crippen molar-refractivity contribution in [1.82, 2.24) is 0 Å². The number of hydrogen-bond donors (Lipinski definition) is 1. The van der Waals surface area contributed by atoms with Gasteiger partial charge in [-0.25, -0.2) is 8.42 Å². The van der Waals surface area contributed by atoms with Crippen molar-refractivity contribution in [1.29, 1.82) is 0 Å². The minimum Gasteiger partial charge on any atom is -0.493 e. The van der Waals surface area contributed by atoms with Crippen molar-refractivity contribution in [3.8, 4) is 11.5 Å². The van der Waals surface area contributed by atoms with E-state index in [1.807, 2.05) is 12.1 Å². The van der Waals surface area contributed by atoms with Crippen LogP contribution in [0.15, 0.2) is 77.7 Å². The van der Waals surface area contributed by atoms with E-state index >= 15 is 0 Å². The van der Waals surface area contributed by atoms with Crippen LogP contribution in [0.5, 0.6) is 11.5 Å². The molecule has 0 aliphatic heterocycles. The van der Waals surface area contributed by atoms with Crippen molar-refractivity contribution >= 4 is 27.3 Å². The zero-order chi connectivity index (χ0) is 27.9. The first-order valence-electron chi connectivity index (χ1n) is 14.1. The van der Waals surface area contributed by atoms with Gasteiger partial charge < -0.3 is 14.8 Å². The van der Waals surface area contributed by atoms with Crippen molar-refractivity contribution < 1.29 is 22.7 Å². The van der Waals surface area contributed by atoms with Crippen LogP contribution in [0.4, 0.5) is 11.4 Å². The van der Waals surface area contributed by atoms with Crippen LogP contribution in [0.1, 0.15) is 43.6 Å². The van der Waals surface area contributed by atoms with Gasteiger partial charge in [-0.1, -0.05) is 30.3 Å². The van der Waals surface area contributed by atoms with Crippen LogP contribution < -0.4 is 19.1 Å². The molecule has 4 fully saturated rings. The van der Waals surface area contributed by atoms with E-state index < -0.39 is 15.9 Å². The van der Waals surface area contributed by atoms with Gasteiger partial charge in [0, 0.05) is 11.8 Å². The van der Waals surface area contributed by atoms with Gasteiger partial charge in [-0.05, 0) is 104 Å². The number of benzene rings is 3. The van der Waals surface area contributed by atoms with Crippen molar-refractivity contribution in [3.05, 3.63) is 78.4 Å². The summed E-state index contributed by atoms with van der Waals surface area (Å²) in [4.78, 5) is 13.2. The first-order valence-corrected chi connectivity index (χ1v) is 15.5. The Morgan fingerprint density at radius 2 is 1.45 bits per heavy atom. The molecule has 40 heavy (non-hydrogen) atoms. The average Bonchev–Trinajstić information content (AvgIpc) is 2.96. The molecule has 0 aromatic heterocycles. The Labute approximate surface area is 236 Å². The summed E-state index contributed by atoms with van der Waals surface area (Å²) >= 11 is 0. The number of nitrogens with zero attached hydrogens (tertiary/aromatic N) is 1. The highest BCUT2D eigenvalue weighted by Gasteiger charge is 2.48. The number of ether oxygens (including phenoxy) is 2. The average molecular weight is 561 g/mol. The van der Waals surface area contributed by atoms with Gasteiger partial charge >= 0.3 is 0 Å². The molecule has 0 spiro atoms. The van der Waals surface area contributed by atoms with E-state index in [0.717, 1.165) is 28.0 Å². The molecule has 4 saturated carbocycles. The molecule has 0 saturated heterocycles. The zero-order valence-corrected chi connectivity index (χ0v) is 23.8. The monoisotopic (exact) mass is 560 g/mol. The molecule has 4 bridgehead atoms. The van der Waals surface area contributed by atoms with E-state index in [2.05, 4.69) is 17.4 Å². The third-order valence-electron chi connectivity index (χ3n) is 9.08. The van der Waals surface area contributed by atoms with Crippen molar-refractivity contribution in [2.45, 2.75) is 42.9 Å². The predicted octanol–water partition coefficient (Wildman–Crippen LogP) is 6.08. The molecule has 1 N–H and O–H groups in total. The SMILES string of the molecule is COc1ccc(S(=O)(=O)N(CC(=O)Nc2ccc(C3C4CC5CC(C4)CC3C5)cc2)c2ccccc2)cc1OC. The van der Waals surface area contributed by atoms with Gasteiger partial charge in [0.05, 0.1) is 24.8 Å². The molecule has 7 nitrogen and oxygen atoms in total. The van der Waals surface area contributed by atoms with Gasteiger partial charge in [-0.15, -0.1) is 0 Å². The largest absolute Gasteiger partial charge is 0.493 e. The topological polar surface area (TPSA) is 84.9 Å². The van der Waals surface area contributed by atoms with Crippen LogP contribution in [-0.4, -0.2) is 35.1 Å². The predicted molar refractivity (Wildman–Crippen MR) is 155 cm³/mol. The second-order valence-electron chi connectivity index (χ2n) is 11.5. The lowest BCUT2D eigenvalue weighted by atomic mass is 9.51. The maximum absolute atomic E-state index is 13.8. The van der Waals surface area contributed by atoms with E-state index in [4.69, 9.17) is 9.47 Å². The van der Waals surface area contributed by atoms with Gasteiger partial charge in [0.1, 0.15) is 6.54 Å². The number of carbonyl (C=O) groups excluding carboxylic acids is 1. The molecule has 0 atom stereocenters. The van der Waals surface area contributed by atoms with Gasteiger partial charge in [0.15, 0.2) is 11.5 Å². The fraction of sp³-hybridized carbons (Fsp3) is 0.406. The van der Waals surface area contributed by atoms with Crippen molar-refractivity contribution in [2.24, 2.45) is 23.7 Å². The van der Waals surface area contributed by atoms with Gasteiger partial charge in [0.2, 0.25) is 5.91 Å². The minimum absolute atomic E-state index is 0.00169. The van der Waals surface area contributed by atoms with E-state index in [1.165, 1.54) is 64.0 Å². The number of amides is 1. The number of methoxy groups -OCH3 is 2. The summed E-state index contributed by atoms with van der Waals surface area (Å²) in [6.45, 7) is -0.377. The fourth-order valence-corrected chi connectivity index (χ4v) is 9.04. The number of anilines is 2. The lowest BCUT2D eigenvalue weighted by molar-refractivity contribution is -0.114. The Kier molecular flexibility index (Phi) is 7.21. The number of sulfonamides is 1. The number of rotatable bonds is 9. The van der Waals surface area contributed by atoms with Gasteiger partial charge in [-0.3, -0.25) is 9.10 Å². The molecule has 4 aliphatic rings. The Morgan fingerprint density at radius 1 is 0.825 bits per heavy atom. The van der Waals surface area contributed by atoms with Crippen molar-refractivity contribution in [3.63, 3.8) is 0 Å². The third kappa shape index (κ3) is 5.05. The van der Waals surface area contributed by atoms with Crippen LogP contribution in [0.2, 0.25) is 0 Å². The lowest BCUT2D eigenvalue weighted by Gasteiger charge is -2.54. The van der Waals surface area contributed by atoms with Crippen LogP contribution >= 0.6 is 0 Å². The highest BCUT2D eigenvalue weighted by molar-refractivity contribution is 7.92. The van der Waals surface area contributed by atoms with E-state index in [1.54, 1.807) is 36.4 Å². The molecule has 1 amide bonds. The molecule has 8 heteroatoms. The number of para-hydroxylation sites is 1. The van der Waals surface area contributed by atoms with Crippen LogP contribution in [0.3, 0.4) is 0 Å². The summed E-state index contributed by atoms with van der Waals surface area (Å²) in [6.07, 6.45) is 6.88. The summed E-state index contributed by atoms with van der Waals surface area (Å²) < 4.78 is 39.2.